The second kappa shape index (κ2) is 7.58. The Kier molecular flexibility index (Phi) is 5.17. The maximum atomic E-state index is 13.0. The fourth-order valence-electron chi connectivity index (χ4n) is 4.55. The molecule has 5 nitrogen and oxygen atoms in total. The van der Waals surface area contributed by atoms with Crippen molar-refractivity contribution in [2.75, 3.05) is 31.1 Å². The summed E-state index contributed by atoms with van der Waals surface area (Å²) < 4.78 is 0. The van der Waals surface area contributed by atoms with Gasteiger partial charge >= 0.3 is 0 Å². The molecule has 0 saturated carbocycles. The maximum absolute atomic E-state index is 13.0. The molecule has 1 spiro atoms. The number of hydrogen-bond acceptors (Lipinski definition) is 5. The minimum atomic E-state index is -0.000302. The summed E-state index contributed by atoms with van der Waals surface area (Å²) in [5.41, 5.74) is 1.39. The summed E-state index contributed by atoms with van der Waals surface area (Å²) in [6, 6.07) is 10.3. The Morgan fingerprint density at radius 1 is 1.15 bits per heavy atom. The molecule has 2 aromatic rings. The number of aromatic nitrogens is 2. The number of piperidine rings is 2. The highest BCUT2D eigenvalue weighted by Gasteiger charge is 2.45. The van der Waals surface area contributed by atoms with E-state index in [0.717, 1.165) is 62.0 Å². The maximum Gasteiger partial charge on any atom is 0.230 e. The SMILES string of the molecule is CCc1nnc(N2CCC3(CC2)C[C@H](c2ccccc2)C(=O)N(CC)C3)s1. The number of benzene rings is 1. The van der Waals surface area contributed by atoms with Crippen molar-refractivity contribution in [1.29, 1.82) is 0 Å². The molecule has 3 heterocycles. The Balaban J connectivity index is 1.51. The van der Waals surface area contributed by atoms with Crippen molar-refractivity contribution < 1.29 is 4.79 Å². The van der Waals surface area contributed by atoms with Crippen LogP contribution >= 0.6 is 11.3 Å². The van der Waals surface area contributed by atoms with Crippen molar-refractivity contribution in [2.45, 2.75) is 45.4 Å². The van der Waals surface area contributed by atoms with Crippen molar-refractivity contribution in [2.24, 2.45) is 5.41 Å². The fraction of sp³-hybridized carbons (Fsp3) is 0.571. The third-order valence-electron chi connectivity index (χ3n) is 6.21. The summed E-state index contributed by atoms with van der Waals surface area (Å²) in [5.74, 6) is 0.299. The van der Waals surface area contributed by atoms with Crippen molar-refractivity contribution in [3.8, 4) is 0 Å². The van der Waals surface area contributed by atoms with Gasteiger partial charge in [-0.1, -0.05) is 48.6 Å². The zero-order valence-electron chi connectivity index (χ0n) is 16.2. The molecule has 1 atom stereocenters. The zero-order chi connectivity index (χ0) is 18.9. The number of hydrogen-bond donors (Lipinski definition) is 0. The van der Waals surface area contributed by atoms with Crippen molar-refractivity contribution >= 4 is 22.4 Å². The van der Waals surface area contributed by atoms with E-state index in [1.807, 2.05) is 18.2 Å². The van der Waals surface area contributed by atoms with Crippen LogP contribution in [0.3, 0.4) is 0 Å². The second-order valence-corrected chi connectivity index (χ2v) is 8.88. The van der Waals surface area contributed by atoms with Gasteiger partial charge in [-0.2, -0.15) is 0 Å². The summed E-state index contributed by atoms with van der Waals surface area (Å²) in [5, 5.41) is 10.8. The van der Waals surface area contributed by atoms with Crippen LogP contribution in [0.2, 0.25) is 0 Å². The Bertz CT molecular complexity index is 782. The molecule has 0 unspecified atom stereocenters. The normalized spacial score (nSPS) is 22.4. The molecule has 144 valence electrons. The zero-order valence-corrected chi connectivity index (χ0v) is 17.0. The second-order valence-electron chi connectivity index (χ2n) is 7.84. The average Bonchev–Trinajstić information content (AvgIpc) is 3.20. The van der Waals surface area contributed by atoms with E-state index >= 15 is 0 Å². The lowest BCUT2D eigenvalue weighted by molar-refractivity contribution is -0.140. The van der Waals surface area contributed by atoms with Gasteiger partial charge in [0.25, 0.3) is 0 Å². The van der Waals surface area contributed by atoms with Crippen molar-refractivity contribution in [3.63, 3.8) is 0 Å². The molecule has 0 radical (unpaired) electrons. The molecule has 2 aliphatic heterocycles. The molecule has 0 N–H and O–H groups in total. The molecule has 2 aliphatic rings. The predicted octanol–water partition coefficient (Wildman–Crippen LogP) is 3.72. The van der Waals surface area contributed by atoms with Gasteiger partial charge in [-0.05, 0) is 43.6 Å². The Hall–Kier alpha value is -1.95. The van der Waals surface area contributed by atoms with E-state index in [-0.39, 0.29) is 11.3 Å². The average molecular weight is 385 g/mol. The summed E-state index contributed by atoms with van der Waals surface area (Å²) in [6.07, 6.45) is 4.14. The third kappa shape index (κ3) is 3.59. The summed E-state index contributed by atoms with van der Waals surface area (Å²) >= 11 is 1.72. The van der Waals surface area contributed by atoms with Crippen LogP contribution in [0.4, 0.5) is 5.13 Å². The number of nitrogens with zero attached hydrogens (tertiary/aromatic N) is 4. The van der Waals surface area contributed by atoms with Crippen LogP contribution in [0, 0.1) is 5.41 Å². The van der Waals surface area contributed by atoms with Gasteiger partial charge in [-0.25, -0.2) is 0 Å². The molecule has 2 saturated heterocycles. The number of amides is 1. The van der Waals surface area contributed by atoms with Crippen LogP contribution in [0.25, 0.3) is 0 Å². The molecular formula is C21H28N4OS. The lowest BCUT2D eigenvalue weighted by atomic mass is 9.67. The van der Waals surface area contributed by atoms with Gasteiger partial charge in [0.05, 0.1) is 5.92 Å². The molecule has 27 heavy (non-hydrogen) atoms. The molecular weight excluding hydrogens is 356 g/mol. The van der Waals surface area contributed by atoms with Gasteiger partial charge < -0.3 is 9.80 Å². The molecule has 4 rings (SSSR count). The van der Waals surface area contributed by atoms with Crippen LogP contribution in [0.15, 0.2) is 30.3 Å². The van der Waals surface area contributed by atoms with Crippen LogP contribution in [-0.4, -0.2) is 47.2 Å². The van der Waals surface area contributed by atoms with E-state index in [2.05, 4.69) is 46.0 Å². The van der Waals surface area contributed by atoms with Crippen molar-refractivity contribution in [3.05, 3.63) is 40.9 Å². The van der Waals surface area contributed by atoms with E-state index in [4.69, 9.17) is 0 Å². The number of aryl methyl sites for hydroxylation is 1. The lowest BCUT2D eigenvalue weighted by Crippen LogP contribution is -2.54. The van der Waals surface area contributed by atoms with Crippen LogP contribution in [0.5, 0.6) is 0 Å². The van der Waals surface area contributed by atoms with Gasteiger partial charge in [0, 0.05) is 26.2 Å². The Morgan fingerprint density at radius 2 is 1.89 bits per heavy atom. The van der Waals surface area contributed by atoms with Gasteiger partial charge in [-0.3, -0.25) is 4.79 Å². The molecule has 1 aromatic heterocycles. The quantitative estimate of drug-likeness (QED) is 0.806. The number of likely N-dealkylation sites (N-methyl/N-ethyl adjacent to an activating group) is 1. The molecule has 1 aromatic carbocycles. The van der Waals surface area contributed by atoms with E-state index in [9.17, 15) is 4.79 Å². The molecule has 0 aliphatic carbocycles. The van der Waals surface area contributed by atoms with E-state index < -0.39 is 0 Å². The topological polar surface area (TPSA) is 49.3 Å². The Labute approximate surface area is 165 Å². The van der Waals surface area contributed by atoms with Gasteiger partial charge in [0.15, 0.2) is 0 Å². The first-order valence-corrected chi connectivity index (χ1v) is 10.9. The Morgan fingerprint density at radius 3 is 2.52 bits per heavy atom. The largest absolute Gasteiger partial charge is 0.347 e. The molecule has 6 heteroatoms. The first-order chi connectivity index (χ1) is 13.1. The van der Waals surface area contributed by atoms with Gasteiger partial charge in [-0.15, -0.1) is 10.2 Å². The standard InChI is InChI=1S/C21H28N4OS/c1-3-18-22-23-20(27-18)25-12-10-21(11-13-25)14-17(16-8-6-5-7-9-16)19(26)24(4-2)15-21/h5-9,17H,3-4,10-15H2,1-2H3/t17-/m1/s1. The van der Waals surface area contributed by atoms with E-state index in [1.165, 1.54) is 5.56 Å². The van der Waals surface area contributed by atoms with Crippen molar-refractivity contribution in [1.82, 2.24) is 15.1 Å². The summed E-state index contributed by atoms with van der Waals surface area (Å²) in [6.45, 7) is 7.93. The number of anilines is 1. The first-order valence-electron chi connectivity index (χ1n) is 10.0. The highest BCUT2D eigenvalue weighted by molar-refractivity contribution is 7.15. The molecule has 2 fully saturated rings. The summed E-state index contributed by atoms with van der Waals surface area (Å²) in [4.78, 5) is 17.5. The van der Waals surface area contributed by atoms with Gasteiger partial charge in [0.1, 0.15) is 5.01 Å². The molecule has 1 amide bonds. The summed E-state index contributed by atoms with van der Waals surface area (Å²) in [7, 11) is 0. The minimum Gasteiger partial charge on any atom is -0.347 e. The van der Waals surface area contributed by atoms with Gasteiger partial charge in [0.2, 0.25) is 11.0 Å². The van der Waals surface area contributed by atoms with E-state index in [0.29, 0.717) is 5.91 Å². The highest BCUT2D eigenvalue weighted by atomic mass is 32.1. The minimum absolute atomic E-state index is 0.000302. The monoisotopic (exact) mass is 384 g/mol. The lowest BCUT2D eigenvalue weighted by Gasteiger charge is -2.49. The number of carbonyl (C=O) groups excluding carboxylic acids is 1. The molecule has 0 bridgehead atoms. The smallest absolute Gasteiger partial charge is 0.230 e. The third-order valence-corrected chi connectivity index (χ3v) is 7.34. The van der Waals surface area contributed by atoms with Crippen LogP contribution < -0.4 is 4.90 Å². The predicted molar refractivity (Wildman–Crippen MR) is 109 cm³/mol. The van der Waals surface area contributed by atoms with Crippen LogP contribution in [0.1, 0.15) is 49.6 Å². The number of carbonyl (C=O) groups is 1. The fourth-order valence-corrected chi connectivity index (χ4v) is 5.38. The first kappa shape index (κ1) is 18.4. The van der Waals surface area contributed by atoms with E-state index in [1.54, 1.807) is 11.3 Å². The van der Waals surface area contributed by atoms with Crippen LogP contribution in [-0.2, 0) is 11.2 Å². The number of rotatable bonds is 4. The highest BCUT2D eigenvalue weighted by Crippen LogP contribution is 2.46. The number of likely N-dealkylation sites (tertiary alicyclic amines) is 1.